The highest BCUT2D eigenvalue weighted by atomic mass is 32.1. The number of hydrogen-bond acceptors (Lipinski definition) is 4. The van der Waals surface area contributed by atoms with Crippen molar-refractivity contribution in [2.45, 2.75) is 39.2 Å². The lowest BCUT2D eigenvalue weighted by Gasteiger charge is -2.18. The number of thiazole rings is 1. The first kappa shape index (κ1) is 14.1. The molecule has 0 saturated heterocycles. The summed E-state index contributed by atoms with van der Waals surface area (Å²) >= 11 is 1.40. The summed E-state index contributed by atoms with van der Waals surface area (Å²) in [6, 6.07) is 0.268. The topological polar surface area (TPSA) is 54.0 Å². The highest BCUT2D eigenvalue weighted by Crippen LogP contribution is 2.26. The number of aromatic nitrogens is 1. The van der Waals surface area contributed by atoms with Crippen molar-refractivity contribution in [1.82, 2.24) is 15.6 Å². The van der Waals surface area contributed by atoms with Crippen molar-refractivity contribution in [3.8, 4) is 0 Å². The largest absolute Gasteiger partial charge is 0.350 e. The minimum Gasteiger partial charge on any atom is -0.350 e. The van der Waals surface area contributed by atoms with E-state index in [2.05, 4.69) is 36.4 Å². The van der Waals surface area contributed by atoms with Gasteiger partial charge in [0.2, 0.25) is 0 Å². The first-order valence-corrected chi connectivity index (χ1v) is 6.63. The number of rotatable bonds is 4. The van der Waals surface area contributed by atoms with Gasteiger partial charge in [-0.1, -0.05) is 20.8 Å². The van der Waals surface area contributed by atoms with E-state index in [-0.39, 0.29) is 17.4 Å². The second-order valence-electron chi connectivity index (χ2n) is 5.18. The maximum absolute atomic E-state index is 12.0. The maximum atomic E-state index is 12.0. The maximum Gasteiger partial charge on any atom is 0.263 e. The molecule has 0 aromatic carbocycles. The van der Waals surface area contributed by atoms with E-state index in [9.17, 15) is 4.79 Å². The molecular formula is C12H21N3OS. The predicted molar refractivity (Wildman–Crippen MR) is 71.7 cm³/mol. The Hall–Kier alpha value is -0.940. The van der Waals surface area contributed by atoms with Crippen molar-refractivity contribution in [3.63, 3.8) is 0 Å². The number of amides is 1. The molecule has 1 heterocycles. The zero-order valence-electron chi connectivity index (χ0n) is 11.1. The molecule has 1 rings (SSSR count). The zero-order valence-corrected chi connectivity index (χ0v) is 11.9. The van der Waals surface area contributed by atoms with Gasteiger partial charge in [-0.25, -0.2) is 4.98 Å². The summed E-state index contributed by atoms with van der Waals surface area (Å²) in [6.07, 6.45) is 0. The zero-order chi connectivity index (χ0) is 13.1. The van der Waals surface area contributed by atoms with E-state index in [0.29, 0.717) is 6.54 Å². The Morgan fingerprint density at radius 2 is 2.18 bits per heavy atom. The van der Waals surface area contributed by atoms with Crippen LogP contribution in [0.15, 0.2) is 5.51 Å². The van der Waals surface area contributed by atoms with Crippen LogP contribution in [0.25, 0.3) is 0 Å². The Morgan fingerprint density at radius 3 is 2.71 bits per heavy atom. The summed E-state index contributed by atoms with van der Waals surface area (Å²) in [4.78, 5) is 17.0. The summed E-state index contributed by atoms with van der Waals surface area (Å²) in [7, 11) is 1.88. The smallest absolute Gasteiger partial charge is 0.263 e. The third-order valence-electron chi connectivity index (χ3n) is 2.55. The number of nitrogens with one attached hydrogen (secondary N) is 2. The second kappa shape index (κ2) is 5.60. The first-order chi connectivity index (χ1) is 7.86. The molecule has 1 atom stereocenters. The molecule has 1 aromatic heterocycles. The van der Waals surface area contributed by atoms with E-state index in [1.165, 1.54) is 11.3 Å². The molecule has 0 radical (unpaired) electrons. The Labute approximate surface area is 107 Å². The van der Waals surface area contributed by atoms with Crippen molar-refractivity contribution >= 4 is 17.2 Å². The number of carbonyl (C=O) groups excluding carboxylic acids is 1. The molecule has 0 aliphatic carbocycles. The van der Waals surface area contributed by atoms with E-state index in [4.69, 9.17) is 0 Å². The Balaban J connectivity index is 2.73. The lowest BCUT2D eigenvalue weighted by atomic mass is 9.91. The number of hydrogen-bond donors (Lipinski definition) is 2. The summed E-state index contributed by atoms with van der Waals surface area (Å²) < 4.78 is 0. The van der Waals surface area contributed by atoms with E-state index in [1.807, 2.05) is 14.0 Å². The third-order valence-corrected chi connectivity index (χ3v) is 3.37. The van der Waals surface area contributed by atoms with Gasteiger partial charge in [-0.3, -0.25) is 4.79 Å². The van der Waals surface area contributed by atoms with Crippen LogP contribution in [0.3, 0.4) is 0 Å². The van der Waals surface area contributed by atoms with Crippen molar-refractivity contribution in [2.75, 3.05) is 13.6 Å². The van der Waals surface area contributed by atoms with E-state index in [0.717, 1.165) is 10.6 Å². The van der Waals surface area contributed by atoms with Crippen LogP contribution in [0.5, 0.6) is 0 Å². The number of likely N-dealkylation sites (N-methyl/N-ethyl adjacent to an activating group) is 1. The van der Waals surface area contributed by atoms with Gasteiger partial charge in [0, 0.05) is 18.0 Å². The second-order valence-corrected chi connectivity index (χ2v) is 6.03. The fourth-order valence-electron chi connectivity index (χ4n) is 1.37. The molecule has 0 spiro atoms. The first-order valence-electron chi connectivity index (χ1n) is 5.75. The summed E-state index contributed by atoms with van der Waals surface area (Å²) in [5, 5.41) is 6.00. The number of carbonyl (C=O) groups is 1. The average molecular weight is 255 g/mol. The minimum atomic E-state index is -0.0959. The lowest BCUT2D eigenvalue weighted by Crippen LogP contribution is -2.37. The molecule has 4 nitrogen and oxygen atoms in total. The van der Waals surface area contributed by atoms with E-state index in [1.54, 1.807) is 5.51 Å². The van der Waals surface area contributed by atoms with E-state index < -0.39 is 0 Å². The standard InChI is InChI=1S/C12H21N3OS/c1-8(13-5)6-14-11(16)9-10(12(2,3)4)15-7-17-9/h7-8,13H,6H2,1-5H3,(H,14,16). The molecule has 17 heavy (non-hydrogen) atoms. The third kappa shape index (κ3) is 3.78. The fraction of sp³-hybridized carbons (Fsp3) is 0.667. The van der Waals surface area contributed by atoms with Crippen LogP contribution in [0.2, 0.25) is 0 Å². The van der Waals surface area contributed by atoms with Gasteiger partial charge in [0.05, 0.1) is 11.2 Å². The van der Waals surface area contributed by atoms with Crippen LogP contribution in [0, 0.1) is 0 Å². The van der Waals surface area contributed by atoms with Crippen LogP contribution in [-0.2, 0) is 5.41 Å². The summed E-state index contributed by atoms with van der Waals surface area (Å²) in [5.41, 5.74) is 2.51. The van der Waals surface area contributed by atoms with Crippen molar-refractivity contribution in [3.05, 3.63) is 16.1 Å². The molecule has 0 aliphatic rings. The van der Waals surface area contributed by atoms with Crippen LogP contribution >= 0.6 is 11.3 Å². The van der Waals surface area contributed by atoms with Gasteiger partial charge in [-0.05, 0) is 14.0 Å². The van der Waals surface area contributed by atoms with Crippen LogP contribution in [0.4, 0.5) is 0 Å². The average Bonchev–Trinajstić information content (AvgIpc) is 2.73. The predicted octanol–water partition coefficient (Wildman–Crippen LogP) is 1.78. The SMILES string of the molecule is CNC(C)CNC(=O)c1scnc1C(C)(C)C. The van der Waals surface area contributed by atoms with Gasteiger partial charge >= 0.3 is 0 Å². The van der Waals surface area contributed by atoms with Crippen LogP contribution < -0.4 is 10.6 Å². The minimum absolute atomic E-state index is 0.0282. The normalized spacial score (nSPS) is 13.5. The molecule has 5 heteroatoms. The molecule has 96 valence electrons. The summed E-state index contributed by atoms with van der Waals surface area (Å²) in [6.45, 7) is 8.84. The van der Waals surface area contributed by atoms with Gasteiger partial charge in [-0.2, -0.15) is 0 Å². The molecule has 0 saturated carbocycles. The molecule has 1 amide bonds. The van der Waals surface area contributed by atoms with Gasteiger partial charge < -0.3 is 10.6 Å². The van der Waals surface area contributed by atoms with Crippen LogP contribution in [0.1, 0.15) is 43.1 Å². The van der Waals surface area contributed by atoms with Gasteiger partial charge in [0.15, 0.2) is 0 Å². The number of nitrogens with zero attached hydrogens (tertiary/aromatic N) is 1. The Bertz CT molecular complexity index is 381. The van der Waals surface area contributed by atoms with Crippen molar-refractivity contribution < 1.29 is 4.79 Å². The molecule has 0 aliphatic heterocycles. The van der Waals surface area contributed by atoms with Gasteiger partial charge in [0.25, 0.3) is 5.91 Å². The lowest BCUT2D eigenvalue weighted by molar-refractivity contribution is 0.0952. The Morgan fingerprint density at radius 1 is 1.53 bits per heavy atom. The monoisotopic (exact) mass is 255 g/mol. The molecule has 2 N–H and O–H groups in total. The van der Waals surface area contributed by atoms with Crippen molar-refractivity contribution in [1.29, 1.82) is 0 Å². The highest BCUT2D eigenvalue weighted by Gasteiger charge is 2.24. The van der Waals surface area contributed by atoms with Crippen LogP contribution in [-0.4, -0.2) is 30.5 Å². The fourth-order valence-corrected chi connectivity index (χ4v) is 2.28. The molecule has 1 unspecified atom stereocenters. The molecular weight excluding hydrogens is 234 g/mol. The quantitative estimate of drug-likeness (QED) is 0.862. The molecule has 0 fully saturated rings. The Kier molecular flexibility index (Phi) is 4.65. The summed E-state index contributed by atoms with van der Waals surface area (Å²) in [5.74, 6) is -0.0282. The molecule has 1 aromatic rings. The van der Waals surface area contributed by atoms with Crippen molar-refractivity contribution in [2.24, 2.45) is 0 Å². The highest BCUT2D eigenvalue weighted by molar-refractivity contribution is 7.11. The molecule has 0 bridgehead atoms. The van der Waals surface area contributed by atoms with E-state index >= 15 is 0 Å². The van der Waals surface area contributed by atoms with Gasteiger partial charge in [-0.15, -0.1) is 11.3 Å². The van der Waals surface area contributed by atoms with Gasteiger partial charge in [0.1, 0.15) is 4.88 Å².